The van der Waals surface area contributed by atoms with Gasteiger partial charge in [0.15, 0.2) is 0 Å². The number of rotatable bonds is 4. The van der Waals surface area contributed by atoms with E-state index in [9.17, 15) is 0 Å². The molecule has 256 valence electrons. The predicted molar refractivity (Wildman–Crippen MR) is 219 cm³/mol. The Morgan fingerprint density at radius 3 is 1.21 bits per heavy atom. The summed E-state index contributed by atoms with van der Waals surface area (Å²) in [6.07, 6.45) is 5.37. The van der Waals surface area contributed by atoms with E-state index in [0.717, 1.165) is 0 Å². The van der Waals surface area contributed by atoms with E-state index >= 15 is 0 Å². The fourth-order valence-corrected chi connectivity index (χ4v) is 27.0. The van der Waals surface area contributed by atoms with Crippen molar-refractivity contribution >= 4 is 12.2 Å². The van der Waals surface area contributed by atoms with Crippen LogP contribution in [-0.4, -0.2) is 0 Å². The molecule has 1 saturated heterocycles. The molecule has 0 spiro atoms. The molecule has 0 amide bonds. The minimum absolute atomic E-state index is 0.401. The van der Waals surface area contributed by atoms with Crippen molar-refractivity contribution in [2.75, 3.05) is 0 Å². The molecule has 6 aromatic rings. The average molecular weight is 839 g/mol. The number of benzene rings is 6. The average Bonchev–Trinajstić information content (AvgIpc) is 3.73. The van der Waals surface area contributed by atoms with E-state index in [0.29, 0.717) is 7.35 Å². The molecule has 9 rings (SSSR count). The van der Waals surface area contributed by atoms with Gasteiger partial charge in [0.05, 0.1) is 0 Å². The van der Waals surface area contributed by atoms with Crippen molar-refractivity contribution in [2.45, 2.75) is 63.7 Å². The molecule has 2 unspecified atom stereocenters. The number of hydrogen-bond donors (Lipinski definition) is 0. The van der Waals surface area contributed by atoms with Crippen LogP contribution in [0.25, 0.3) is 34.4 Å². The van der Waals surface area contributed by atoms with Gasteiger partial charge in [-0.2, -0.15) is 0 Å². The summed E-state index contributed by atoms with van der Waals surface area (Å²) in [5.74, 6) is 0. The van der Waals surface area contributed by atoms with E-state index in [1.54, 1.807) is 22.3 Å². The monoisotopic (exact) mass is 840 g/mol. The van der Waals surface area contributed by atoms with Gasteiger partial charge < -0.3 is 0 Å². The van der Waals surface area contributed by atoms with Crippen molar-refractivity contribution in [3.63, 3.8) is 0 Å². The molecule has 0 nitrogen and oxygen atoms in total. The topological polar surface area (TPSA) is 0 Å². The van der Waals surface area contributed by atoms with Crippen molar-refractivity contribution in [2.24, 2.45) is 0 Å². The van der Waals surface area contributed by atoms with Gasteiger partial charge in [-0.3, -0.25) is 0 Å². The van der Waals surface area contributed by atoms with Crippen LogP contribution in [0.15, 0.2) is 132 Å². The van der Waals surface area contributed by atoms with E-state index < -0.39 is 25.4 Å². The zero-order chi connectivity index (χ0) is 36.1. The summed E-state index contributed by atoms with van der Waals surface area (Å²) in [7, 11) is 0. The molecule has 2 aliphatic carbocycles. The molecule has 52 heavy (non-hydrogen) atoms. The summed E-state index contributed by atoms with van der Waals surface area (Å²) in [6.45, 7) is 13.4. The summed E-state index contributed by atoms with van der Waals surface area (Å²) in [6, 6.07) is 47.5. The van der Waals surface area contributed by atoms with Gasteiger partial charge in [-0.25, -0.2) is 0 Å². The van der Waals surface area contributed by atoms with Gasteiger partial charge in [0.1, 0.15) is 0 Å². The molecular formula is C51H48Hf. The number of hydrogen-bond acceptors (Lipinski definition) is 0. The second-order valence-corrected chi connectivity index (χ2v) is 33.9. The Hall–Kier alpha value is -4.33. The zero-order valence-corrected chi connectivity index (χ0v) is 35.4. The summed E-state index contributed by atoms with van der Waals surface area (Å²) in [5.41, 5.74) is 25.0. The molecule has 3 aliphatic rings. The Bertz CT molecular complexity index is 2310. The Kier molecular flexibility index (Phi) is 7.80. The van der Waals surface area contributed by atoms with Crippen molar-refractivity contribution in [3.8, 4) is 22.3 Å². The van der Waals surface area contributed by atoms with Crippen molar-refractivity contribution < 1.29 is 20.0 Å². The predicted octanol–water partition coefficient (Wildman–Crippen LogP) is 13.7. The molecule has 1 heteroatoms. The van der Waals surface area contributed by atoms with E-state index in [1.807, 2.05) is 0 Å². The molecule has 0 aromatic heterocycles. The van der Waals surface area contributed by atoms with Crippen LogP contribution in [0, 0.1) is 41.5 Å². The molecule has 6 aromatic carbocycles. The second-order valence-electron chi connectivity index (χ2n) is 16.6. The minimum atomic E-state index is -3.40. The molecular weight excluding hydrogens is 791 g/mol. The molecule has 1 heterocycles. The van der Waals surface area contributed by atoms with Gasteiger partial charge in [-0.15, -0.1) is 0 Å². The van der Waals surface area contributed by atoms with E-state index in [1.165, 1.54) is 77.9 Å². The van der Waals surface area contributed by atoms with Crippen LogP contribution in [0.1, 0.15) is 74.1 Å². The van der Waals surface area contributed by atoms with Gasteiger partial charge in [-0.05, 0) is 0 Å². The van der Waals surface area contributed by atoms with Crippen LogP contribution in [0.2, 0.25) is 9.36 Å². The van der Waals surface area contributed by atoms with Gasteiger partial charge in [-0.1, -0.05) is 0 Å². The molecule has 0 radical (unpaired) electrons. The molecule has 0 bridgehead atoms. The van der Waals surface area contributed by atoms with E-state index in [-0.39, 0.29) is 0 Å². The molecule has 2 atom stereocenters. The Morgan fingerprint density at radius 2 is 0.808 bits per heavy atom. The first kappa shape index (κ1) is 33.5. The first-order chi connectivity index (χ1) is 25.0. The third kappa shape index (κ3) is 4.81. The molecule has 1 fully saturated rings. The quantitative estimate of drug-likeness (QED) is 0.155. The van der Waals surface area contributed by atoms with E-state index in [2.05, 4.69) is 184 Å². The third-order valence-electron chi connectivity index (χ3n) is 12.8. The normalized spacial score (nSPS) is 18.9. The Balaban J connectivity index is 1.42. The fraction of sp³-hybridized carbons (Fsp3) is 0.216. The van der Waals surface area contributed by atoms with Crippen LogP contribution in [0.4, 0.5) is 0 Å². The van der Waals surface area contributed by atoms with Gasteiger partial charge in [0.2, 0.25) is 0 Å². The van der Waals surface area contributed by atoms with Crippen LogP contribution >= 0.6 is 0 Å². The summed E-state index contributed by atoms with van der Waals surface area (Å²) in [4.78, 5) is 0. The third-order valence-corrected chi connectivity index (χ3v) is 28.0. The summed E-state index contributed by atoms with van der Waals surface area (Å²) in [5, 5.41) is 0. The maximum absolute atomic E-state index is 3.40. The van der Waals surface area contributed by atoms with Crippen molar-refractivity contribution in [3.05, 3.63) is 199 Å². The number of fused-ring (bicyclic) bond motifs is 6. The van der Waals surface area contributed by atoms with Crippen LogP contribution in [0.5, 0.6) is 0 Å². The number of allylic oxidation sites excluding steroid dienone is 2. The second kappa shape index (κ2) is 12.1. The summed E-state index contributed by atoms with van der Waals surface area (Å²) >= 11 is -3.40. The first-order valence-corrected chi connectivity index (χ1v) is 30.3. The van der Waals surface area contributed by atoms with Crippen LogP contribution in [-0.2, 0) is 25.4 Å². The van der Waals surface area contributed by atoms with E-state index in [4.69, 9.17) is 0 Å². The van der Waals surface area contributed by atoms with Crippen LogP contribution in [0.3, 0.4) is 0 Å². The SMILES string of the molecule is Cc1ccc(C2(c3ccc(C)cc3)C3=Cc4c(-c5cc(C)ccc5C)cccc4[CH]3[Hf]([CH3])([CH3])[CH]3C2=Cc2c(-c4cc(C)ccc4C)cccc23)cc1. The van der Waals surface area contributed by atoms with Gasteiger partial charge in [0.25, 0.3) is 0 Å². The fourth-order valence-electron chi connectivity index (χ4n) is 10.4. The standard InChI is InChI=1S/C49H42.2CH3.Hf/c1-31-15-21-39(22-16-31)49(40-23-17-32(2)18-24-40,41-27-37-9-7-11-43(47(37)29-41)45-25-33(3)13-19-35(45)5)42-28-38-10-8-12-44(48(38)30-42)46-26-34(4)14-20-36(46)6;;;/h7-30H,1-6H3;2*1H3;. The first-order valence-electron chi connectivity index (χ1n) is 19.0. The summed E-state index contributed by atoms with van der Waals surface area (Å²) < 4.78 is 6.43. The Morgan fingerprint density at radius 1 is 0.423 bits per heavy atom. The Labute approximate surface area is 315 Å². The maximum atomic E-state index is 2.78. The number of aryl methyl sites for hydroxylation is 6. The molecule has 1 aliphatic heterocycles. The van der Waals surface area contributed by atoms with Crippen molar-refractivity contribution in [1.82, 2.24) is 0 Å². The zero-order valence-electron chi connectivity index (χ0n) is 31.9. The molecule has 0 saturated carbocycles. The van der Waals surface area contributed by atoms with Gasteiger partial charge in [0, 0.05) is 0 Å². The van der Waals surface area contributed by atoms with Crippen LogP contribution < -0.4 is 0 Å². The van der Waals surface area contributed by atoms with Gasteiger partial charge >= 0.3 is 317 Å². The molecule has 0 N–H and O–H groups in total. The van der Waals surface area contributed by atoms with Crippen molar-refractivity contribution in [1.29, 1.82) is 0 Å².